The molecule has 6 nitrogen and oxygen atoms in total. The Morgan fingerprint density at radius 1 is 0.962 bits per heavy atom. The van der Waals surface area contributed by atoms with Crippen LogP contribution in [-0.4, -0.2) is 18.6 Å². The predicted molar refractivity (Wildman–Crippen MR) is 98.3 cm³/mol. The first-order valence-corrected chi connectivity index (χ1v) is 9.71. The van der Waals surface area contributed by atoms with Crippen LogP contribution in [-0.2, 0) is 10.0 Å². The molecule has 0 saturated carbocycles. The van der Waals surface area contributed by atoms with Gasteiger partial charge in [0.2, 0.25) is 21.8 Å². The van der Waals surface area contributed by atoms with Crippen molar-refractivity contribution >= 4 is 10.0 Å². The summed E-state index contributed by atoms with van der Waals surface area (Å²) in [5.74, 6) is 0.586. The number of aromatic nitrogens is 2. The monoisotopic (exact) mass is 371 g/mol. The molecular formula is C19H21N3O3S. The number of nitrogens with one attached hydrogen (secondary N) is 1. The van der Waals surface area contributed by atoms with Crippen LogP contribution in [0.5, 0.6) is 0 Å². The van der Waals surface area contributed by atoms with Gasteiger partial charge in [-0.25, -0.2) is 8.42 Å². The van der Waals surface area contributed by atoms with Crippen molar-refractivity contribution in [2.45, 2.75) is 38.6 Å². The van der Waals surface area contributed by atoms with Gasteiger partial charge < -0.3 is 4.42 Å². The Morgan fingerprint density at radius 2 is 1.58 bits per heavy atom. The van der Waals surface area contributed by atoms with Crippen molar-refractivity contribution in [1.29, 1.82) is 0 Å². The molecule has 0 fully saturated rings. The van der Waals surface area contributed by atoms with Crippen LogP contribution in [0.1, 0.15) is 40.1 Å². The Hall–Kier alpha value is -2.51. The van der Waals surface area contributed by atoms with Gasteiger partial charge in [0.25, 0.3) is 0 Å². The summed E-state index contributed by atoms with van der Waals surface area (Å²) in [6, 6.07) is 12.1. The van der Waals surface area contributed by atoms with Crippen molar-refractivity contribution in [1.82, 2.24) is 14.9 Å². The molecule has 1 N–H and O–H groups in total. The topological polar surface area (TPSA) is 85.1 Å². The highest BCUT2D eigenvalue weighted by Crippen LogP contribution is 2.27. The van der Waals surface area contributed by atoms with Gasteiger partial charge in [-0.1, -0.05) is 48.0 Å². The zero-order valence-electron chi connectivity index (χ0n) is 15.1. The molecule has 136 valence electrons. The van der Waals surface area contributed by atoms with Gasteiger partial charge in [-0.2, -0.15) is 4.72 Å². The van der Waals surface area contributed by atoms with Crippen LogP contribution in [0.4, 0.5) is 0 Å². The minimum Gasteiger partial charge on any atom is -0.423 e. The molecule has 1 aromatic heterocycles. The number of hydrogen-bond acceptors (Lipinski definition) is 5. The lowest BCUT2D eigenvalue weighted by molar-refractivity contribution is 0.436. The highest BCUT2D eigenvalue weighted by atomic mass is 32.2. The van der Waals surface area contributed by atoms with Crippen molar-refractivity contribution in [3.05, 3.63) is 76.5 Å². The largest absolute Gasteiger partial charge is 0.423 e. The lowest BCUT2D eigenvalue weighted by Crippen LogP contribution is -2.30. The summed E-state index contributed by atoms with van der Waals surface area (Å²) in [7, 11) is -3.80. The molecule has 0 aliphatic carbocycles. The number of nitrogens with zero attached hydrogens (tertiary/aromatic N) is 2. The smallest absolute Gasteiger partial charge is 0.242 e. The third kappa shape index (κ3) is 3.68. The second kappa shape index (κ2) is 7.01. The molecule has 1 unspecified atom stereocenters. The highest BCUT2D eigenvalue weighted by molar-refractivity contribution is 7.89. The molecule has 0 radical (unpaired) electrons. The molecule has 0 bridgehead atoms. The second-order valence-corrected chi connectivity index (χ2v) is 8.00. The van der Waals surface area contributed by atoms with E-state index in [4.69, 9.17) is 4.42 Å². The maximum atomic E-state index is 13.1. The first-order valence-electron chi connectivity index (χ1n) is 8.23. The normalized spacial score (nSPS) is 12.9. The van der Waals surface area contributed by atoms with Gasteiger partial charge >= 0.3 is 0 Å². The summed E-state index contributed by atoms with van der Waals surface area (Å²) >= 11 is 0. The number of rotatable bonds is 5. The van der Waals surface area contributed by atoms with Crippen LogP contribution >= 0.6 is 0 Å². The maximum absolute atomic E-state index is 13.1. The minimum absolute atomic E-state index is 0.208. The molecule has 0 saturated heterocycles. The van der Waals surface area contributed by atoms with Gasteiger partial charge in [-0.05, 0) is 37.5 Å². The minimum atomic E-state index is -3.80. The van der Waals surface area contributed by atoms with E-state index in [1.165, 1.54) is 0 Å². The third-order valence-corrected chi connectivity index (χ3v) is 5.80. The van der Waals surface area contributed by atoms with Crippen LogP contribution in [0.25, 0.3) is 0 Å². The van der Waals surface area contributed by atoms with Gasteiger partial charge in [-0.3, -0.25) is 0 Å². The van der Waals surface area contributed by atoms with Gasteiger partial charge in [0.1, 0.15) is 6.04 Å². The fourth-order valence-electron chi connectivity index (χ4n) is 3.14. The number of hydrogen-bond donors (Lipinski definition) is 1. The maximum Gasteiger partial charge on any atom is 0.242 e. The molecule has 1 heterocycles. The molecule has 0 aliphatic rings. The zero-order valence-corrected chi connectivity index (χ0v) is 16.0. The van der Waals surface area contributed by atoms with Gasteiger partial charge in [0.05, 0.1) is 4.90 Å². The van der Waals surface area contributed by atoms with E-state index in [0.29, 0.717) is 17.0 Å². The number of sulfonamides is 1. The van der Waals surface area contributed by atoms with E-state index in [9.17, 15) is 8.42 Å². The lowest BCUT2D eigenvalue weighted by Gasteiger charge is -2.18. The van der Waals surface area contributed by atoms with Gasteiger partial charge in [0, 0.05) is 6.92 Å². The molecule has 0 amide bonds. The summed E-state index contributed by atoms with van der Waals surface area (Å²) < 4.78 is 34.5. The SMILES string of the molecule is Cc1cc(C)c(S(=O)(=O)NC(c2ccccc2)c2nnc(C)o2)c(C)c1. The number of aryl methyl sites for hydroxylation is 4. The summed E-state index contributed by atoms with van der Waals surface area (Å²) in [4.78, 5) is 0.278. The highest BCUT2D eigenvalue weighted by Gasteiger charge is 2.29. The van der Waals surface area contributed by atoms with Crippen molar-refractivity contribution < 1.29 is 12.8 Å². The first-order chi connectivity index (χ1) is 12.3. The molecular weight excluding hydrogens is 350 g/mol. The Kier molecular flexibility index (Phi) is 4.93. The molecule has 0 spiro atoms. The Morgan fingerprint density at radius 3 is 2.12 bits per heavy atom. The predicted octanol–water partition coefficient (Wildman–Crippen LogP) is 3.37. The van der Waals surface area contributed by atoms with Gasteiger partial charge in [-0.15, -0.1) is 10.2 Å². The van der Waals surface area contributed by atoms with Crippen molar-refractivity contribution in [2.24, 2.45) is 0 Å². The molecule has 0 aliphatic heterocycles. The van der Waals surface area contributed by atoms with E-state index in [2.05, 4.69) is 14.9 Å². The summed E-state index contributed by atoms with van der Waals surface area (Å²) in [6.45, 7) is 7.20. The standard InChI is InChI=1S/C19H21N3O3S/c1-12-10-13(2)18(14(3)11-12)26(23,24)22-17(16-8-6-5-7-9-16)19-21-20-15(4)25-19/h5-11,17,22H,1-4H3. The van der Waals surface area contributed by atoms with Crippen LogP contribution < -0.4 is 4.72 Å². The summed E-state index contributed by atoms with van der Waals surface area (Å²) in [5.41, 5.74) is 3.14. The van der Waals surface area contributed by atoms with E-state index >= 15 is 0 Å². The van der Waals surface area contributed by atoms with E-state index in [0.717, 1.165) is 11.1 Å². The van der Waals surface area contributed by atoms with Crippen molar-refractivity contribution in [2.75, 3.05) is 0 Å². The zero-order chi connectivity index (χ0) is 18.9. The fourth-order valence-corrected chi connectivity index (χ4v) is 4.77. The van der Waals surface area contributed by atoms with E-state index in [1.807, 2.05) is 49.4 Å². The average molecular weight is 371 g/mol. The van der Waals surface area contributed by atoms with E-state index in [-0.39, 0.29) is 10.8 Å². The van der Waals surface area contributed by atoms with Crippen molar-refractivity contribution in [3.8, 4) is 0 Å². The average Bonchev–Trinajstić information content (AvgIpc) is 2.98. The Bertz CT molecular complexity index is 1000. The Balaban J connectivity index is 2.07. The van der Waals surface area contributed by atoms with E-state index in [1.54, 1.807) is 20.8 Å². The molecule has 26 heavy (non-hydrogen) atoms. The molecule has 7 heteroatoms. The van der Waals surface area contributed by atoms with Crippen LogP contribution in [0, 0.1) is 27.7 Å². The second-order valence-electron chi connectivity index (χ2n) is 6.35. The van der Waals surface area contributed by atoms with Crippen molar-refractivity contribution in [3.63, 3.8) is 0 Å². The fraction of sp³-hybridized carbons (Fsp3) is 0.263. The van der Waals surface area contributed by atoms with Gasteiger partial charge in [0.15, 0.2) is 0 Å². The molecule has 3 aromatic rings. The third-order valence-electron chi connectivity index (χ3n) is 4.07. The van der Waals surface area contributed by atoms with E-state index < -0.39 is 16.1 Å². The lowest BCUT2D eigenvalue weighted by atomic mass is 10.1. The Labute approximate surface area is 153 Å². The van der Waals surface area contributed by atoms with Crippen LogP contribution in [0.2, 0.25) is 0 Å². The van der Waals surface area contributed by atoms with Crippen LogP contribution in [0.15, 0.2) is 51.8 Å². The van der Waals surface area contributed by atoms with Crippen LogP contribution in [0.3, 0.4) is 0 Å². The summed E-state index contributed by atoms with van der Waals surface area (Å²) in [5, 5.41) is 7.85. The number of benzene rings is 2. The molecule has 3 rings (SSSR count). The molecule has 2 aromatic carbocycles. The first kappa shape index (κ1) is 18.3. The molecule has 1 atom stereocenters. The summed E-state index contributed by atoms with van der Waals surface area (Å²) in [6.07, 6.45) is 0. The quantitative estimate of drug-likeness (QED) is 0.743.